The number of benzene rings is 2. The first-order valence-electron chi connectivity index (χ1n) is 5.61. The lowest BCUT2D eigenvalue weighted by Crippen LogP contribution is -2.02. The molecule has 0 heterocycles. The number of para-hydroxylation sites is 2. The van der Waals surface area contributed by atoms with Crippen molar-refractivity contribution in [1.29, 1.82) is 0 Å². The number of nitrogens with one attached hydrogen (secondary N) is 1. The molecule has 0 spiro atoms. The molecule has 0 aromatic heterocycles. The summed E-state index contributed by atoms with van der Waals surface area (Å²) in [6, 6.07) is 15.6. The number of Topliss-reactive ketones (excluding diaryl/α,β-unsaturated/α-hetero) is 1. The zero-order chi connectivity index (χ0) is 12.3. The van der Waals surface area contributed by atoms with E-state index in [1.807, 2.05) is 55.5 Å². The van der Waals surface area contributed by atoms with Crippen molar-refractivity contribution in [2.45, 2.75) is 13.8 Å². The van der Waals surface area contributed by atoms with Gasteiger partial charge in [0.05, 0.1) is 5.69 Å². The van der Waals surface area contributed by atoms with Crippen LogP contribution < -0.4 is 5.32 Å². The van der Waals surface area contributed by atoms with Gasteiger partial charge in [0.25, 0.3) is 0 Å². The standard InChI is InChI=1S/C15H15NO/c1-11-7-6-10-14(12(2)17)15(11)16-13-8-4-3-5-9-13/h3-10,16H,1-2H3. The van der Waals surface area contributed by atoms with Gasteiger partial charge in [-0.25, -0.2) is 0 Å². The lowest BCUT2D eigenvalue weighted by atomic mass is 10.0. The fourth-order valence-electron chi connectivity index (χ4n) is 1.79. The molecule has 17 heavy (non-hydrogen) atoms. The van der Waals surface area contributed by atoms with Gasteiger partial charge in [-0.1, -0.05) is 30.3 Å². The largest absolute Gasteiger partial charge is 0.355 e. The molecule has 0 saturated carbocycles. The van der Waals surface area contributed by atoms with Crippen LogP contribution in [0.1, 0.15) is 22.8 Å². The van der Waals surface area contributed by atoms with Crippen molar-refractivity contribution in [3.8, 4) is 0 Å². The van der Waals surface area contributed by atoms with Crippen molar-refractivity contribution in [2.24, 2.45) is 0 Å². The molecular weight excluding hydrogens is 210 g/mol. The summed E-state index contributed by atoms with van der Waals surface area (Å²) >= 11 is 0. The van der Waals surface area contributed by atoms with Crippen LogP contribution in [0.5, 0.6) is 0 Å². The molecule has 2 aromatic carbocycles. The van der Waals surface area contributed by atoms with Crippen LogP contribution in [0.4, 0.5) is 11.4 Å². The number of hydrogen-bond donors (Lipinski definition) is 1. The Balaban J connectivity index is 2.41. The number of anilines is 2. The smallest absolute Gasteiger partial charge is 0.161 e. The molecule has 0 atom stereocenters. The van der Waals surface area contributed by atoms with E-state index in [0.29, 0.717) is 0 Å². The van der Waals surface area contributed by atoms with E-state index in [0.717, 1.165) is 22.5 Å². The van der Waals surface area contributed by atoms with Crippen LogP contribution in [0.15, 0.2) is 48.5 Å². The Bertz CT molecular complexity index is 532. The first-order valence-corrected chi connectivity index (χ1v) is 5.61. The third-order valence-electron chi connectivity index (χ3n) is 2.70. The number of carbonyl (C=O) groups is 1. The van der Waals surface area contributed by atoms with Crippen molar-refractivity contribution in [3.05, 3.63) is 59.7 Å². The van der Waals surface area contributed by atoms with Gasteiger partial charge in [0.1, 0.15) is 0 Å². The number of carbonyl (C=O) groups excluding carboxylic acids is 1. The molecule has 2 nitrogen and oxygen atoms in total. The Kier molecular flexibility index (Phi) is 3.24. The molecular formula is C15H15NO. The highest BCUT2D eigenvalue weighted by Crippen LogP contribution is 2.25. The highest BCUT2D eigenvalue weighted by molar-refractivity contribution is 6.00. The zero-order valence-electron chi connectivity index (χ0n) is 10.0. The second-order valence-corrected chi connectivity index (χ2v) is 4.04. The van der Waals surface area contributed by atoms with Crippen LogP contribution in [0.2, 0.25) is 0 Å². The van der Waals surface area contributed by atoms with Crippen molar-refractivity contribution >= 4 is 17.2 Å². The van der Waals surface area contributed by atoms with Gasteiger partial charge in [0.15, 0.2) is 5.78 Å². The SMILES string of the molecule is CC(=O)c1cccc(C)c1Nc1ccccc1. The summed E-state index contributed by atoms with van der Waals surface area (Å²) in [6.07, 6.45) is 0. The molecule has 1 N–H and O–H groups in total. The lowest BCUT2D eigenvalue weighted by molar-refractivity contribution is 0.101. The fraction of sp³-hybridized carbons (Fsp3) is 0.133. The molecule has 0 aliphatic carbocycles. The highest BCUT2D eigenvalue weighted by atomic mass is 16.1. The minimum atomic E-state index is 0.0760. The van der Waals surface area contributed by atoms with Crippen molar-refractivity contribution < 1.29 is 4.79 Å². The minimum absolute atomic E-state index is 0.0760. The molecule has 0 aliphatic rings. The molecule has 2 rings (SSSR count). The normalized spacial score (nSPS) is 10.0. The van der Waals surface area contributed by atoms with Gasteiger partial charge in [0, 0.05) is 11.3 Å². The molecule has 2 heteroatoms. The Morgan fingerprint density at radius 1 is 1.00 bits per heavy atom. The number of aryl methyl sites for hydroxylation is 1. The Morgan fingerprint density at radius 2 is 1.71 bits per heavy atom. The first-order chi connectivity index (χ1) is 8.18. The summed E-state index contributed by atoms with van der Waals surface area (Å²) in [5.41, 5.74) is 3.69. The lowest BCUT2D eigenvalue weighted by Gasteiger charge is -2.13. The Labute approximate surface area is 101 Å². The average Bonchev–Trinajstić information content (AvgIpc) is 2.33. The van der Waals surface area contributed by atoms with Crippen LogP contribution in [0, 0.1) is 6.92 Å². The van der Waals surface area contributed by atoms with Crippen molar-refractivity contribution in [2.75, 3.05) is 5.32 Å². The van der Waals surface area contributed by atoms with Gasteiger partial charge >= 0.3 is 0 Å². The van der Waals surface area contributed by atoms with E-state index in [-0.39, 0.29) is 5.78 Å². The summed E-state index contributed by atoms with van der Waals surface area (Å²) < 4.78 is 0. The Hall–Kier alpha value is -2.09. The van der Waals surface area contributed by atoms with Gasteiger partial charge in [-0.2, -0.15) is 0 Å². The quantitative estimate of drug-likeness (QED) is 0.801. The molecule has 0 fully saturated rings. The van der Waals surface area contributed by atoms with Crippen LogP contribution in [-0.2, 0) is 0 Å². The van der Waals surface area contributed by atoms with E-state index in [4.69, 9.17) is 0 Å². The molecule has 0 unspecified atom stereocenters. The molecule has 0 aliphatic heterocycles. The van der Waals surface area contributed by atoms with E-state index in [9.17, 15) is 4.79 Å². The van der Waals surface area contributed by atoms with E-state index in [2.05, 4.69) is 5.32 Å². The van der Waals surface area contributed by atoms with E-state index < -0.39 is 0 Å². The first kappa shape index (κ1) is 11.4. The van der Waals surface area contributed by atoms with Crippen LogP contribution in [-0.4, -0.2) is 5.78 Å². The van der Waals surface area contributed by atoms with Gasteiger partial charge < -0.3 is 5.32 Å². The monoisotopic (exact) mass is 225 g/mol. The topological polar surface area (TPSA) is 29.1 Å². The van der Waals surface area contributed by atoms with E-state index in [1.165, 1.54) is 0 Å². The summed E-state index contributed by atoms with van der Waals surface area (Å²) in [7, 11) is 0. The van der Waals surface area contributed by atoms with E-state index in [1.54, 1.807) is 6.92 Å². The maximum atomic E-state index is 11.6. The summed E-state index contributed by atoms with van der Waals surface area (Å²) in [5.74, 6) is 0.0760. The van der Waals surface area contributed by atoms with Gasteiger partial charge in [-0.05, 0) is 37.6 Å². The molecule has 2 aromatic rings. The second kappa shape index (κ2) is 4.83. The maximum Gasteiger partial charge on any atom is 0.161 e. The molecule has 0 bridgehead atoms. The van der Waals surface area contributed by atoms with E-state index >= 15 is 0 Å². The molecule has 86 valence electrons. The number of rotatable bonds is 3. The predicted octanol–water partition coefficient (Wildman–Crippen LogP) is 3.94. The molecule has 0 amide bonds. The summed E-state index contributed by atoms with van der Waals surface area (Å²) in [4.78, 5) is 11.6. The van der Waals surface area contributed by atoms with Gasteiger partial charge in [-0.3, -0.25) is 4.79 Å². The third kappa shape index (κ3) is 2.53. The maximum absolute atomic E-state index is 11.6. The highest BCUT2D eigenvalue weighted by Gasteiger charge is 2.09. The number of hydrogen-bond acceptors (Lipinski definition) is 2. The fourth-order valence-corrected chi connectivity index (χ4v) is 1.79. The third-order valence-corrected chi connectivity index (χ3v) is 2.70. The molecule has 0 saturated heterocycles. The zero-order valence-corrected chi connectivity index (χ0v) is 10.0. The van der Waals surface area contributed by atoms with Crippen LogP contribution in [0.25, 0.3) is 0 Å². The van der Waals surface area contributed by atoms with Crippen LogP contribution >= 0.6 is 0 Å². The van der Waals surface area contributed by atoms with Crippen molar-refractivity contribution in [3.63, 3.8) is 0 Å². The van der Waals surface area contributed by atoms with Gasteiger partial charge in [0.2, 0.25) is 0 Å². The van der Waals surface area contributed by atoms with Gasteiger partial charge in [-0.15, -0.1) is 0 Å². The minimum Gasteiger partial charge on any atom is -0.355 e. The molecule has 0 radical (unpaired) electrons. The number of ketones is 1. The Morgan fingerprint density at radius 3 is 2.35 bits per heavy atom. The van der Waals surface area contributed by atoms with Crippen molar-refractivity contribution in [1.82, 2.24) is 0 Å². The average molecular weight is 225 g/mol. The van der Waals surface area contributed by atoms with Crippen LogP contribution in [0.3, 0.4) is 0 Å². The second-order valence-electron chi connectivity index (χ2n) is 4.04. The summed E-state index contributed by atoms with van der Waals surface area (Å²) in [5, 5.41) is 3.30. The predicted molar refractivity (Wildman–Crippen MR) is 70.9 cm³/mol. The summed E-state index contributed by atoms with van der Waals surface area (Å²) in [6.45, 7) is 3.59.